The maximum atomic E-state index is 3.54. The van der Waals surface area contributed by atoms with E-state index in [-0.39, 0.29) is 0 Å². The number of hydrogen-bond donors (Lipinski definition) is 2. The van der Waals surface area contributed by atoms with Gasteiger partial charge in [-0.1, -0.05) is 12.1 Å². The fourth-order valence-corrected chi connectivity index (χ4v) is 2.24. The first-order valence-electron chi connectivity index (χ1n) is 4.64. The maximum Gasteiger partial charge on any atom is 0.0603 e. The number of aryl methyl sites for hydroxylation is 1. The normalized spacial score (nSPS) is 11.1. The first-order valence-corrected chi connectivity index (χ1v) is 5.43. The van der Waals surface area contributed by atoms with E-state index in [1.807, 2.05) is 7.05 Å². The van der Waals surface area contributed by atoms with Gasteiger partial charge in [0.25, 0.3) is 0 Å². The fourth-order valence-electron chi connectivity index (χ4n) is 1.77. The molecule has 1 aromatic heterocycles. The standard InChI is InChI=1S/C11H13BrN2/c1-7-9(6-13-2)8-4-3-5-10(12)11(8)14-7/h3-5,13-14H,6H2,1-2H3. The molecule has 0 saturated carbocycles. The molecule has 3 heteroatoms. The summed E-state index contributed by atoms with van der Waals surface area (Å²) in [5, 5.41) is 4.48. The van der Waals surface area contributed by atoms with Crippen molar-refractivity contribution >= 4 is 26.8 Å². The van der Waals surface area contributed by atoms with E-state index < -0.39 is 0 Å². The van der Waals surface area contributed by atoms with Crippen molar-refractivity contribution in [1.29, 1.82) is 0 Å². The summed E-state index contributed by atoms with van der Waals surface area (Å²) in [7, 11) is 1.97. The highest BCUT2D eigenvalue weighted by atomic mass is 79.9. The van der Waals surface area contributed by atoms with Gasteiger partial charge in [0.1, 0.15) is 0 Å². The molecule has 0 fully saturated rings. The third-order valence-corrected chi connectivity index (χ3v) is 3.12. The molecule has 0 unspecified atom stereocenters. The van der Waals surface area contributed by atoms with Crippen LogP contribution in [0.25, 0.3) is 10.9 Å². The van der Waals surface area contributed by atoms with E-state index >= 15 is 0 Å². The summed E-state index contributed by atoms with van der Waals surface area (Å²) in [6.45, 7) is 3.02. The minimum atomic E-state index is 0.905. The van der Waals surface area contributed by atoms with Gasteiger partial charge in [0.2, 0.25) is 0 Å². The first-order chi connectivity index (χ1) is 6.74. The highest BCUT2D eigenvalue weighted by molar-refractivity contribution is 9.10. The summed E-state index contributed by atoms with van der Waals surface area (Å²) in [6, 6.07) is 6.27. The van der Waals surface area contributed by atoms with Crippen molar-refractivity contribution in [2.45, 2.75) is 13.5 Å². The van der Waals surface area contributed by atoms with Crippen molar-refractivity contribution in [2.24, 2.45) is 0 Å². The number of para-hydroxylation sites is 1. The van der Waals surface area contributed by atoms with Crippen LogP contribution in [0.3, 0.4) is 0 Å². The van der Waals surface area contributed by atoms with Crippen LogP contribution in [0.5, 0.6) is 0 Å². The second kappa shape index (κ2) is 3.75. The third kappa shape index (κ3) is 1.47. The van der Waals surface area contributed by atoms with Crippen LogP contribution >= 0.6 is 15.9 Å². The predicted octanol–water partition coefficient (Wildman–Crippen LogP) is 2.96. The van der Waals surface area contributed by atoms with Crippen molar-refractivity contribution < 1.29 is 0 Å². The number of aromatic nitrogens is 1. The zero-order valence-corrected chi connectivity index (χ0v) is 9.90. The Morgan fingerprint density at radius 1 is 1.43 bits per heavy atom. The molecule has 74 valence electrons. The van der Waals surface area contributed by atoms with Crippen molar-refractivity contribution in [3.05, 3.63) is 33.9 Å². The van der Waals surface area contributed by atoms with Crippen molar-refractivity contribution in [1.82, 2.24) is 10.3 Å². The highest BCUT2D eigenvalue weighted by Crippen LogP contribution is 2.27. The number of aromatic amines is 1. The Balaban J connectivity index is 2.70. The number of nitrogens with one attached hydrogen (secondary N) is 2. The van der Waals surface area contributed by atoms with Crippen LogP contribution in [0.1, 0.15) is 11.3 Å². The van der Waals surface area contributed by atoms with Crippen LogP contribution in [-0.4, -0.2) is 12.0 Å². The van der Waals surface area contributed by atoms with Crippen LogP contribution in [0, 0.1) is 6.92 Å². The highest BCUT2D eigenvalue weighted by Gasteiger charge is 2.08. The van der Waals surface area contributed by atoms with Crippen LogP contribution < -0.4 is 5.32 Å². The average Bonchev–Trinajstić information content (AvgIpc) is 2.47. The van der Waals surface area contributed by atoms with Crippen molar-refractivity contribution in [3.8, 4) is 0 Å². The number of halogens is 1. The monoisotopic (exact) mass is 252 g/mol. The van der Waals surface area contributed by atoms with Gasteiger partial charge in [-0.05, 0) is 41.5 Å². The molecule has 0 aliphatic rings. The Morgan fingerprint density at radius 2 is 2.21 bits per heavy atom. The molecule has 0 spiro atoms. The largest absolute Gasteiger partial charge is 0.357 e. The Morgan fingerprint density at radius 3 is 2.93 bits per heavy atom. The molecule has 0 amide bonds. The van der Waals surface area contributed by atoms with Crippen molar-refractivity contribution in [3.63, 3.8) is 0 Å². The van der Waals surface area contributed by atoms with Gasteiger partial charge in [-0.15, -0.1) is 0 Å². The molecular formula is C11H13BrN2. The van der Waals surface area contributed by atoms with Gasteiger partial charge >= 0.3 is 0 Å². The molecule has 0 atom stereocenters. The van der Waals surface area contributed by atoms with Crippen LogP contribution in [0.4, 0.5) is 0 Å². The Kier molecular flexibility index (Phi) is 2.61. The van der Waals surface area contributed by atoms with Crippen LogP contribution in [0.15, 0.2) is 22.7 Å². The number of rotatable bonds is 2. The molecule has 1 heterocycles. The molecule has 2 rings (SSSR count). The van der Waals surface area contributed by atoms with Gasteiger partial charge in [-0.3, -0.25) is 0 Å². The van der Waals surface area contributed by atoms with Gasteiger partial charge in [0, 0.05) is 22.1 Å². The molecule has 14 heavy (non-hydrogen) atoms. The van der Waals surface area contributed by atoms with Crippen molar-refractivity contribution in [2.75, 3.05) is 7.05 Å². The minimum absolute atomic E-state index is 0.905. The summed E-state index contributed by atoms with van der Waals surface area (Å²) in [5.41, 5.74) is 3.78. The van der Waals surface area contributed by atoms with Gasteiger partial charge in [0.15, 0.2) is 0 Å². The zero-order chi connectivity index (χ0) is 10.1. The second-order valence-electron chi connectivity index (χ2n) is 3.42. The van der Waals surface area contributed by atoms with E-state index in [0.717, 1.165) is 11.0 Å². The molecule has 2 N–H and O–H groups in total. The molecule has 0 radical (unpaired) electrons. The van der Waals surface area contributed by atoms with E-state index in [0.29, 0.717) is 0 Å². The lowest BCUT2D eigenvalue weighted by atomic mass is 10.1. The topological polar surface area (TPSA) is 27.8 Å². The van der Waals surface area contributed by atoms with Gasteiger partial charge < -0.3 is 10.3 Å². The summed E-state index contributed by atoms with van der Waals surface area (Å²) in [6.07, 6.45) is 0. The van der Waals surface area contributed by atoms with Gasteiger partial charge in [-0.2, -0.15) is 0 Å². The lowest BCUT2D eigenvalue weighted by Gasteiger charge is -1.99. The van der Waals surface area contributed by atoms with E-state index in [1.54, 1.807) is 0 Å². The molecule has 2 nitrogen and oxygen atoms in total. The predicted molar refractivity (Wildman–Crippen MR) is 63.5 cm³/mol. The van der Waals surface area contributed by atoms with E-state index in [1.165, 1.54) is 22.2 Å². The SMILES string of the molecule is CNCc1c(C)[nH]c2c(Br)cccc12. The zero-order valence-electron chi connectivity index (χ0n) is 8.32. The third-order valence-electron chi connectivity index (χ3n) is 2.46. The average molecular weight is 253 g/mol. The van der Waals surface area contributed by atoms with Gasteiger partial charge in [0.05, 0.1) is 5.52 Å². The molecule has 0 saturated heterocycles. The van der Waals surface area contributed by atoms with Gasteiger partial charge in [-0.25, -0.2) is 0 Å². The maximum absolute atomic E-state index is 3.54. The summed E-state index contributed by atoms with van der Waals surface area (Å²) >= 11 is 3.54. The van der Waals surface area contributed by atoms with Crippen LogP contribution in [0.2, 0.25) is 0 Å². The first kappa shape index (κ1) is 9.74. The summed E-state index contributed by atoms with van der Waals surface area (Å²) in [4.78, 5) is 3.39. The molecule has 1 aromatic carbocycles. The minimum Gasteiger partial charge on any atom is -0.357 e. The summed E-state index contributed by atoms with van der Waals surface area (Å²) < 4.78 is 1.13. The smallest absolute Gasteiger partial charge is 0.0603 e. The second-order valence-corrected chi connectivity index (χ2v) is 4.28. The molecule has 0 aliphatic heterocycles. The number of H-pyrrole nitrogens is 1. The molecule has 0 aliphatic carbocycles. The van der Waals surface area contributed by atoms with E-state index in [9.17, 15) is 0 Å². The fraction of sp³-hybridized carbons (Fsp3) is 0.273. The van der Waals surface area contributed by atoms with Crippen LogP contribution in [-0.2, 0) is 6.54 Å². The Hall–Kier alpha value is -0.800. The Labute approximate surface area is 91.8 Å². The number of hydrogen-bond acceptors (Lipinski definition) is 1. The molecule has 2 aromatic rings. The number of fused-ring (bicyclic) bond motifs is 1. The summed E-state index contributed by atoms with van der Waals surface area (Å²) in [5.74, 6) is 0. The van der Waals surface area contributed by atoms with E-state index in [2.05, 4.69) is 51.4 Å². The lowest BCUT2D eigenvalue weighted by Crippen LogP contribution is -2.05. The number of benzene rings is 1. The lowest BCUT2D eigenvalue weighted by molar-refractivity contribution is 0.817. The quantitative estimate of drug-likeness (QED) is 0.846. The van der Waals surface area contributed by atoms with E-state index in [4.69, 9.17) is 0 Å². The molecular weight excluding hydrogens is 240 g/mol. The molecule has 0 bridgehead atoms. The Bertz CT molecular complexity index is 460.